The van der Waals surface area contributed by atoms with Crippen molar-refractivity contribution in [3.8, 4) is 0 Å². The molecule has 0 aliphatic heterocycles. The zero-order valence-corrected chi connectivity index (χ0v) is 12.7. The third kappa shape index (κ3) is 3.39. The van der Waals surface area contributed by atoms with E-state index in [-0.39, 0.29) is 12.0 Å². The first kappa shape index (κ1) is 15.0. The van der Waals surface area contributed by atoms with Crippen molar-refractivity contribution in [3.63, 3.8) is 0 Å². The molecule has 2 rings (SSSR count). The van der Waals surface area contributed by atoms with Gasteiger partial charge in [-0.1, -0.05) is 13.8 Å². The minimum Gasteiger partial charge on any atom is -0.396 e. The van der Waals surface area contributed by atoms with Crippen molar-refractivity contribution in [2.24, 2.45) is 5.41 Å². The Balaban J connectivity index is 2.12. The maximum Gasteiger partial charge on any atom is 0.135 e. The van der Waals surface area contributed by atoms with Gasteiger partial charge in [0, 0.05) is 25.3 Å². The molecule has 0 amide bonds. The van der Waals surface area contributed by atoms with Crippen LogP contribution in [0.3, 0.4) is 0 Å². The minimum absolute atomic E-state index is 0.269. The lowest BCUT2D eigenvalue weighted by molar-refractivity contribution is 0.253. The lowest BCUT2D eigenvalue weighted by atomic mass is 10.0. The van der Waals surface area contributed by atoms with Gasteiger partial charge in [0.2, 0.25) is 0 Å². The summed E-state index contributed by atoms with van der Waals surface area (Å²) in [6.07, 6.45) is 4.88. The summed E-state index contributed by atoms with van der Waals surface area (Å²) < 4.78 is 0. The van der Waals surface area contributed by atoms with Crippen LogP contribution in [0.4, 0.5) is 11.6 Å². The summed E-state index contributed by atoms with van der Waals surface area (Å²) in [6, 6.07) is 0. The van der Waals surface area contributed by atoms with Gasteiger partial charge < -0.3 is 15.7 Å². The maximum absolute atomic E-state index is 9.13. The van der Waals surface area contributed by atoms with Gasteiger partial charge in [0.25, 0.3) is 0 Å². The Bertz CT molecular complexity index is 443. The number of nitrogens with one attached hydrogen (secondary N) is 2. The van der Waals surface area contributed by atoms with Gasteiger partial charge in [0.15, 0.2) is 0 Å². The van der Waals surface area contributed by atoms with Gasteiger partial charge in [0.05, 0.1) is 0 Å². The van der Waals surface area contributed by atoms with E-state index in [4.69, 9.17) is 5.11 Å². The lowest BCUT2D eigenvalue weighted by Crippen LogP contribution is -2.19. The van der Waals surface area contributed by atoms with E-state index in [2.05, 4.69) is 41.4 Å². The highest BCUT2D eigenvalue weighted by atomic mass is 16.3. The zero-order chi connectivity index (χ0) is 14.6. The topological polar surface area (TPSA) is 70.1 Å². The number of aromatic nitrogens is 2. The van der Waals surface area contributed by atoms with Crippen LogP contribution in [0.1, 0.15) is 51.5 Å². The van der Waals surface area contributed by atoms with E-state index in [1.807, 2.05) is 0 Å². The van der Waals surface area contributed by atoms with Crippen molar-refractivity contribution in [1.29, 1.82) is 0 Å². The molecule has 1 fully saturated rings. The third-order valence-electron chi connectivity index (χ3n) is 4.04. The van der Waals surface area contributed by atoms with Crippen molar-refractivity contribution in [2.45, 2.75) is 46.0 Å². The Labute approximate surface area is 121 Å². The number of rotatable bonds is 8. The second kappa shape index (κ2) is 6.39. The smallest absolute Gasteiger partial charge is 0.135 e. The number of hydrogen-bond donors (Lipinski definition) is 3. The molecule has 0 aromatic carbocycles. The largest absolute Gasteiger partial charge is 0.396 e. The molecular weight excluding hydrogens is 252 g/mol. The van der Waals surface area contributed by atoms with E-state index in [0.29, 0.717) is 5.92 Å². The van der Waals surface area contributed by atoms with Gasteiger partial charge >= 0.3 is 0 Å². The first-order valence-corrected chi connectivity index (χ1v) is 7.55. The molecule has 20 heavy (non-hydrogen) atoms. The van der Waals surface area contributed by atoms with Gasteiger partial charge in [-0.15, -0.1) is 0 Å². The Morgan fingerprint density at radius 3 is 2.40 bits per heavy atom. The molecule has 0 atom stereocenters. The predicted molar refractivity (Wildman–Crippen MR) is 82.1 cm³/mol. The third-order valence-corrected chi connectivity index (χ3v) is 4.04. The van der Waals surface area contributed by atoms with Crippen molar-refractivity contribution < 1.29 is 5.11 Å². The van der Waals surface area contributed by atoms with Crippen LogP contribution in [0.2, 0.25) is 0 Å². The monoisotopic (exact) mass is 278 g/mol. The average molecular weight is 278 g/mol. The van der Waals surface area contributed by atoms with Crippen LogP contribution in [0.5, 0.6) is 0 Å². The summed E-state index contributed by atoms with van der Waals surface area (Å²) in [7, 11) is 0. The fraction of sp³-hybridized carbons (Fsp3) is 0.733. The van der Waals surface area contributed by atoms with Crippen LogP contribution < -0.4 is 10.6 Å². The molecule has 1 aliphatic carbocycles. The molecule has 0 unspecified atom stereocenters. The summed E-state index contributed by atoms with van der Waals surface area (Å²) in [6.45, 7) is 8.39. The SMILES string of the molecule is CCNc1ncnc(NCC2(CCO)CC2)c1C(C)C. The van der Waals surface area contributed by atoms with Crippen LogP contribution >= 0.6 is 0 Å². The Morgan fingerprint density at radius 1 is 1.25 bits per heavy atom. The van der Waals surface area contributed by atoms with Crippen LogP contribution in [0.15, 0.2) is 6.33 Å². The number of aliphatic hydroxyl groups excluding tert-OH is 1. The highest BCUT2D eigenvalue weighted by molar-refractivity contribution is 5.59. The van der Waals surface area contributed by atoms with E-state index >= 15 is 0 Å². The van der Waals surface area contributed by atoms with Gasteiger partial charge in [-0.25, -0.2) is 9.97 Å². The summed E-state index contributed by atoms with van der Waals surface area (Å²) in [4.78, 5) is 8.75. The van der Waals surface area contributed by atoms with E-state index in [0.717, 1.165) is 36.7 Å². The van der Waals surface area contributed by atoms with Crippen molar-refractivity contribution >= 4 is 11.6 Å². The number of aliphatic hydroxyl groups is 1. The summed E-state index contributed by atoms with van der Waals surface area (Å²) in [5, 5.41) is 15.9. The van der Waals surface area contributed by atoms with Crippen LogP contribution in [-0.4, -0.2) is 34.8 Å². The molecule has 0 bridgehead atoms. The predicted octanol–water partition coefficient (Wildman–Crippen LogP) is 2.61. The molecule has 3 N–H and O–H groups in total. The van der Waals surface area contributed by atoms with Gasteiger partial charge in [-0.05, 0) is 37.5 Å². The lowest BCUT2D eigenvalue weighted by Gasteiger charge is -2.20. The standard InChI is InChI=1S/C15H26N4O/c1-4-16-13-12(11(2)3)14(19-10-18-13)17-9-15(5-6-15)7-8-20/h10-11,20H,4-9H2,1-3H3,(H2,16,17,18,19). The van der Waals surface area contributed by atoms with E-state index in [9.17, 15) is 0 Å². The first-order chi connectivity index (χ1) is 9.62. The zero-order valence-electron chi connectivity index (χ0n) is 12.7. The van der Waals surface area contributed by atoms with Crippen molar-refractivity contribution in [3.05, 3.63) is 11.9 Å². The highest BCUT2D eigenvalue weighted by Crippen LogP contribution is 2.48. The molecule has 1 aromatic heterocycles. The van der Waals surface area contributed by atoms with E-state index in [1.165, 1.54) is 12.8 Å². The molecule has 0 saturated heterocycles. The Kier molecular flexibility index (Phi) is 4.81. The molecule has 112 valence electrons. The quantitative estimate of drug-likeness (QED) is 0.682. The molecule has 1 aliphatic rings. The molecule has 5 nitrogen and oxygen atoms in total. The first-order valence-electron chi connectivity index (χ1n) is 7.55. The molecule has 5 heteroatoms. The van der Waals surface area contributed by atoms with Gasteiger partial charge in [-0.3, -0.25) is 0 Å². The second-order valence-corrected chi connectivity index (χ2v) is 6.00. The number of nitrogens with zero attached hydrogens (tertiary/aromatic N) is 2. The molecule has 0 radical (unpaired) electrons. The Hall–Kier alpha value is -1.36. The van der Waals surface area contributed by atoms with Crippen LogP contribution in [0.25, 0.3) is 0 Å². The average Bonchev–Trinajstić information content (AvgIpc) is 3.17. The molecule has 1 heterocycles. The van der Waals surface area contributed by atoms with E-state index in [1.54, 1.807) is 6.33 Å². The summed E-state index contributed by atoms with van der Waals surface area (Å²) >= 11 is 0. The van der Waals surface area contributed by atoms with Crippen molar-refractivity contribution in [1.82, 2.24) is 9.97 Å². The summed E-state index contributed by atoms with van der Waals surface area (Å²) in [5.41, 5.74) is 1.43. The number of hydrogen-bond acceptors (Lipinski definition) is 5. The van der Waals surface area contributed by atoms with Crippen LogP contribution in [0, 0.1) is 5.41 Å². The maximum atomic E-state index is 9.13. The van der Waals surface area contributed by atoms with Crippen LogP contribution in [-0.2, 0) is 0 Å². The highest BCUT2D eigenvalue weighted by Gasteiger charge is 2.41. The molecule has 0 spiro atoms. The Morgan fingerprint density at radius 2 is 1.90 bits per heavy atom. The summed E-state index contributed by atoms with van der Waals surface area (Å²) in [5.74, 6) is 2.21. The van der Waals surface area contributed by atoms with E-state index < -0.39 is 0 Å². The van der Waals surface area contributed by atoms with Crippen molar-refractivity contribution in [2.75, 3.05) is 30.3 Å². The van der Waals surface area contributed by atoms with Gasteiger partial charge in [-0.2, -0.15) is 0 Å². The minimum atomic E-state index is 0.269. The molecule has 1 saturated carbocycles. The second-order valence-electron chi connectivity index (χ2n) is 6.00. The van der Waals surface area contributed by atoms with Gasteiger partial charge in [0.1, 0.15) is 18.0 Å². The number of anilines is 2. The molecule has 1 aromatic rings. The fourth-order valence-corrected chi connectivity index (χ4v) is 2.59. The molecular formula is C15H26N4O. The normalized spacial score (nSPS) is 16.2. The fourth-order valence-electron chi connectivity index (χ4n) is 2.59.